The van der Waals surface area contributed by atoms with Crippen LogP contribution in [-0.4, -0.2) is 42.0 Å². The lowest BCUT2D eigenvalue weighted by Gasteiger charge is -2.36. The van der Waals surface area contributed by atoms with Crippen molar-refractivity contribution in [2.75, 3.05) is 31.1 Å². The second-order valence-corrected chi connectivity index (χ2v) is 7.29. The summed E-state index contributed by atoms with van der Waals surface area (Å²) in [4.78, 5) is 21.2. The molecule has 0 saturated carbocycles. The number of aryl methyl sites for hydroxylation is 1. The van der Waals surface area contributed by atoms with Crippen LogP contribution < -0.4 is 9.64 Å². The molecule has 29 heavy (non-hydrogen) atoms. The Morgan fingerprint density at radius 2 is 1.72 bits per heavy atom. The van der Waals surface area contributed by atoms with Gasteiger partial charge < -0.3 is 14.5 Å². The highest BCUT2D eigenvalue weighted by atomic mass is 16.5. The maximum absolute atomic E-state index is 13.0. The summed E-state index contributed by atoms with van der Waals surface area (Å²) in [6, 6.07) is 19.7. The largest absolute Gasteiger partial charge is 0.489 e. The molecule has 1 aromatic heterocycles. The summed E-state index contributed by atoms with van der Waals surface area (Å²) in [5.41, 5.74) is 4.15. The van der Waals surface area contributed by atoms with E-state index in [0.29, 0.717) is 31.0 Å². The van der Waals surface area contributed by atoms with Crippen molar-refractivity contribution in [3.05, 3.63) is 89.7 Å². The first-order valence-corrected chi connectivity index (χ1v) is 9.92. The molecule has 0 bridgehead atoms. The number of nitrogens with zero attached hydrogens (tertiary/aromatic N) is 3. The van der Waals surface area contributed by atoms with Crippen LogP contribution >= 0.6 is 0 Å². The first kappa shape index (κ1) is 19.0. The van der Waals surface area contributed by atoms with Crippen molar-refractivity contribution in [1.29, 1.82) is 0 Å². The van der Waals surface area contributed by atoms with E-state index >= 15 is 0 Å². The standard InChI is InChI=1S/C24H25N3O2/c1-19-4-2-5-20(16-19)18-29-23-7-3-6-21(17-23)24(28)27-14-12-26(13-15-27)22-8-10-25-11-9-22/h2-11,16-17H,12-15,18H2,1H3. The van der Waals surface area contributed by atoms with Gasteiger partial charge in [0.05, 0.1) is 0 Å². The minimum absolute atomic E-state index is 0.0559. The van der Waals surface area contributed by atoms with Crippen molar-refractivity contribution in [2.45, 2.75) is 13.5 Å². The van der Waals surface area contributed by atoms with Crippen LogP contribution in [0.5, 0.6) is 5.75 Å². The Labute approximate surface area is 171 Å². The third-order valence-corrected chi connectivity index (χ3v) is 5.16. The predicted octanol–water partition coefficient (Wildman–Crippen LogP) is 3.93. The number of benzene rings is 2. The first-order valence-electron chi connectivity index (χ1n) is 9.92. The van der Waals surface area contributed by atoms with Gasteiger partial charge in [0.2, 0.25) is 0 Å². The Balaban J connectivity index is 1.36. The smallest absolute Gasteiger partial charge is 0.254 e. The molecule has 5 nitrogen and oxygen atoms in total. The third kappa shape index (κ3) is 4.74. The lowest BCUT2D eigenvalue weighted by molar-refractivity contribution is 0.0746. The van der Waals surface area contributed by atoms with E-state index in [1.807, 2.05) is 53.4 Å². The van der Waals surface area contributed by atoms with Crippen molar-refractivity contribution >= 4 is 11.6 Å². The van der Waals surface area contributed by atoms with Gasteiger partial charge in [-0.1, -0.05) is 35.9 Å². The average molecular weight is 387 g/mol. The Hall–Kier alpha value is -3.34. The molecule has 0 radical (unpaired) electrons. The van der Waals surface area contributed by atoms with E-state index < -0.39 is 0 Å². The number of anilines is 1. The SMILES string of the molecule is Cc1cccc(COc2cccc(C(=O)N3CCN(c4ccncc4)CC3)c2)c1. The van der Waals surface area contributed by atoms with Crippen LogP contribution in [0.1, 0.15) is 21.5 Å². The number of ether oxygens (including phenoxy) is 1. The molecule has 2 heterocycles. The quantitative estimate of drug-likeness (QED) is 0.665. The van der Waals surface area contributed by atoms with Crippen molar-refractivity contribution in [1.82, 2.24) is 9.88 Å². The normalized spacial score (nSPS) is 14.0. The summed E-state index contributed by atoms with van der Waals surface area (Å²) in [5, 5.41) is 0. The van der Waals surface area contributed by atoms with Crippen LogP contribution in [0.3, 0.4) is 0 Å². The molecular formula is C24H25N3O2. The zero-order valence-electron chi connectivity index (χ0n) is 16.6. The highest BCUT2D eigenvalue weighted by molar-refractivity contribution is 5.94. The fraction of sp³-hybridized carbons (Fsp3) is 0.250. The molecule has 4 rings (SSSR count). The Bertz CT molecular complexity index is 967. The molecule has 148 valence electrons. The molecule has 1 fully saturated rings. The molecule has 0 spiro atoms. The van der Waals surface area contributed by atoms with Gasteiger partial charge in [-0.05, 0) is 42.8 Å². The molecule has 5 heteroatoms. The minimum Gasteiger partial charge on any atom is -0.489 e. The van der Waals surface area contributed by atoms with E-state index in [1.54, 1.807) is 12.4 Å². The minimum atomic E-state index is 0.0559. The van der Waals surface area contributed by atoms with Gasteiger partial charge in [0.1, 0.15) is 12.4 Å². The van der Waals surface area contributed by atoms with Crippen molar-refractivity contribution < 1.29 is 9.53 Å². The van der Waals surface area contributed by atoms with Crippen LogP contribution in [0.2, 0.25) is 0 Å². The third-order valence-electron chi connectivity index (χ3n) is 5.16. The number of carbonyl (C=O) groups excluding carboxylic acids is 1. The number of amides is 1. The van der Waals surface area contributed by atoms with Crippen LogP contribution in [0.25, 0.3) is 0 Å². The monoisotopic (exact) mass is 387 g/mol. The van der Waals surface area contributed by atoms with Crippen molar-refractivity contribution in [3.8, 4) is 5.75 Å². The van der Waals surface area contributed by atoms with Crippen LogP contribution in [0, 0.1) is 6.92 Å². The fourth-order valence-electron chi connectivity index (χ4n) is 3.59. The molecule has 0 N–H and O–H groups in total. The van der Waals surface area contributed by atoms with Gasteiger partial charge in [-0.15, -0.1) is 0 Å². The maximum Gasteiger partial charge on any atom is 0.254 e. The zero-order chi connectivity index (χ0) is 20.1. The predicted molar refractivity (Wildman–Crippen MR) is 114 cm³/mol. The summed E-state index contributed by atoms with van der Waals surface area (Å²) in [6.45, 7) is 5.60. The van der Waals surface area contributed by atoms with Crippen molar-refractivity contribution in [2.24, 2.45) is 0 Å². The molecule has 1 aliphatic rings. The van der Waals surface area contributed by atoms with E-state index in [2.05, 4.69) is 28.9 Å². The molecule has 1 aliphatic heterocycles. The summed E-state index contributed by atoms with van der Waals surface area (Å²) in [7, 11) is 0. The Kier molecular flexibility index (Phi) is 5.75. The van der Waals surface area contributed by atoms with Gasteiger partial charge in [0.15, 0.2) is 0 Å². The van der Waals surface area contributed by atoms with E-state index in [1.165, 1.54) is 5.56 Å². The summed E-state index contributed by atoms with van der Waals surface area (Å²) in [5.74, 6) is 0.771. The molecule has 1 amide bonds. The van der Waals surface area contributed by atoms with Gasteiger partial charge in [-0.2, -0.15) is 0 Å². The van der Waals surface area contributed by atoms with E-state index in [-0.39, 0.29) is 5.91 Å². The zero-order valence-corrected chi connectivity index (χ0v) is 16.6. The second kappa shape index (κ2) is 8.78. The Morgan fingerprint density at radius 3 is 2.48 bits per heavy atom. The highest BCUT2D eigenvalue weighted by Crippen LogP contribution is 2.19. The molecule has 0 atom stereocenters. The number of hydrogen-bond acceptors (Lipinski definition) is 4. The van der Waals surface area contributed by atoms with Gasteiger partial charge in [0.25, 0.3) is 5.91 Å². The number of rotatable bonds is 5. The van der Waals surface area contributed by atoms with E-state index in [4.69, 9.17) is 4.74 Å². The number of piperazine rings is 1. The van der Waals surface area contributed by atoms with Crippen LogP contribution in [0.15, 0.2) is 73.1 Å². The van der Waals surface area contributed by atoms with Crippen LogP contribution in [-0.2, 0) is 6.61 Å². The lowest BCUT2D eigenvalue weighted by atomic mass is 10.1. The van der Waals surface area contributed by atoms with Gasteiger partial charge in [-0.3, -0.25) is 9.78 Å². The van der Waals surface area contributed by atoms with Gasteiger partial charge >= 0.3 is 0 Å². The van der Waals surface area contributed by atoms with Gasteiger partial charge in [0, 0.05) is 49.8 Å². The lowest BCUT2D eigenvalue weighted by Crippen LogP contribution is -2.48. The summed E-state index contributed by atoms with van der Waals surface area (Å²) in [6.07, 6.45) is 3.60. The second-order valence-electron chi connectivity index (χ2n) is 7.29. The molecule has 1 saturated heterocycles. The number of aromatic nitrogens is 1. The average Bonchev–Trinajstić information content (AvgIpc) is 2.78. The highest BCUT2D eigenvalue weighted by Gasteiger charge is 2.22. The maximum atomic E-state index is 13.0. The van der Waals surface area contributed by atoms with Crippen molar-refractivity contribution in [3.63, 3.8) is 0 Å². The molecule has 0 unspecified atom stereocenters. The molecule has 0 aliphatic carbocycles. The topological polar surface area (TPSA) is 45.7 Å². The van der Waals surface area contributed by atoms with E-state index in [9.17, 15) is 4.79 Å². The number of hydrogen-bond donors (Lipinski definition) is 0. The number of pyridine rings is 1. The summed E-state index contributed by atoms with van der Waals surface area (Å²) >= 11 is 0. The first-order chi connectivity index (χ1) is 14.2. The molecule has 2 aromatic carbocycles. The molecule has 3 aromatic rings. The fourth-order valence-corrected chi connectivity index (χ4v) is 3.59. The summed E-state index contributed by atoms with van der Waals surface area (Å²) < 4.78 is 5.92. The molecular weight excluding hydrogens is 362 g/mol. The van der Waals surface area contributed by atoms with Crippen LogP contribution in [0.4, 0.5) is 5.69 Å². The number of carbonyl (C=O) groups is 1. The van der Waals surface area contributed by atoms with Gasteiger partial charge in [-0.25, -0.2) is 0 Å². The van der Waals surface area contributed by atoms with E-state index in [0.717, 1.165) is 24.3 Å². The Morgan fingerprint density at radius 1 is 0.966 bits per heavy atom.